The van der Waals surface area contributed by atoms with Gasteiger partial charge in [-0.15, -0.1) is 0 Å². The molecule has 8 aromatic carbocycles. The molecule has 0 saturated heterocycles. The van der Waals surface area contributed by atoms with Crippen molar-refractivity contribution in [2.24, 2.45) is 0 Å². The lowest BCUT2D eigenvalue weighted by atomic mass is 9.72. The summed E-state index contributed by atoms with van der Waals surface area (Å²) in [5.74, 6) is 0. The molecule has 2 heteroatoms. The summed E-state index contributed by atoms with van der Waals surface area (Å²) in [5.41, 5.74) is 22.4. The first-order valence-electron chi connectivity index (χ1n) is 22.7. The third kappa shape index (κ3) is 6.82. The Kier molecular flexibility index (Phi) is 9.69. The van der Waals surface area contributed by atoms with Crippen LogP contribution in [0.4, 0.5) is 28.4 Å². The maximum Gasteiger partial charge on any atom is 0.0503 e. The van der Waals surface area contributed by atoms with Crippen LogP contribution >= 0.6 is 0 Å². The van der Waals surface area contributed by atoms with Gasteiger partial charge in [-0.2, -0.15) is 0 Å². The van der Waals surface area contributed by atoms with Gasteiger partial charge in [0.25, 0.3) is 0 Å². The van der Waals surface area contributed by atoms with Gasteiger partial charge in [-0.1, -0.05) is 192 Å². The van der Waals surface area contributed by atoms with Gasteiger partial charge in [0.1, 0.15) is 0 Å². The van der Waals surface area contributed by atoms with Gasteiger partial charge in [0.2, 0.25) is 0 Å². The summed E-state index contributed by atoms with van der Waals surface area (Å²) in [6.07, 6.45) is 13.3. The molecule has 0 saturated carbocycles. The lowest BCUT2D eigenvalue weighted by Gasteiger charge is -2.43. The average molecular weight is 825 g/mol. The van der Waals surface area contributed by atoms with E-state index in [-0.39, 0.29) is 10.8 Å². The highest BCUT2D eigenvalue weighted by molar-refractivity contribution is 5.88. The molecule has 310 valence electrons. The van der Waals surface area contributed by atoms with Crippen LogP contribution in [0.15, 0.2) is 212 Å². The Morgan fingerprint density at radius 2 is 0.797 bits per heavy atom. The molecule has 11 rings (SSSR count). The van der Waals surface area contributed by atoms with E-state index < -0.39 is 0 Å². The third-order valence-corrected chi connectivity index (χ3v) is 13.9. The monoisotopic (exact) mass is 824 g/mol. The molecule has 0 radical (unpaired) electrons. The van der Waals surface area contributed by atoms with Crippen molar-refractivity contribution in [2.45, 2.75) is 51.4 Å². The minimum absolute atomic E-state index is 0.119. The molecular weight excluding hydrogens is 773 g/mol. The van der Waals surface area contributed by atoms with E-state index in [1.54, 1.807) is 0 Å². The number of benzene rings is 8. The molecule has 0 aromatic heterocycles. The summed E-state index contributed by atoms with van der Waals surface area (Å²) in [4.78, 5) is 4.91. The summed E-state index contributed by atoms with van der Waals surface area (Å²) in [6.45, 7) is 9.44. The fourth-order valence-corrected chi connectivity index (χ4v) is 10.3. The van der Waals surface area contributed by atoms with Gasteiger partial charge in [0, 0.05) is 33.6 Å². The van der Waals surface area contributed by atoms with Crippen LogP contribution in [0.5, 0.6) is 0 Å². The van der Waals surface area contributed by atoms with E-state index in [0.717, 1.165) is 12.8 Å². The lowest BCUT2D eigenvalue weighted by molar-refractivity contribution is 0.628. The minimum Gasteiger partial charge on any atom is -0.314 e. The smallest absolute Gasteiger partial charge is 0.0503 e. The second-order valence-corrected chi connectivity index (χ2v) is 18.5. The van der Waals surface area contributed by atoms with E-state index in [4.69, 9.17) is 0 Å². The molecular formula is C62H52N2. The first-order chi connectivity index (χ1) is 31.2. The number of rotatable bonds is 7. The Hall–Kier alpha value is -7.42. The van der Waals surface area contributed by atoms with Crippen molar-refractivity contribution in [2.75, 3.05) is 9.80 Å². The topological polar surface area (TPSA) is 6.48 Å². The van der Waals surface area contributed by atoms with Crippen LogP contribution in [0.25, 0.3) is 45.5 Å². The van der Waals surface area contributed by atoms with Crippen LogP contribution in [0.2, 0.25) is 0 Å². The standard InChI is InChI=1S/C62H52N2/c1-61(2)53-19-11-13-21-57(53)63(51-15-7-5-8-16-51)59-39-37-49(41-55(59)61)47-31-27-44(28-32-47)24-23-43-25-29-45(30-26-43)46-33-35-48(36-34-46)50-38-40-60-56(42-50)62(3,4)54-20-12-14-22-58(54)64(60)52-17-9-6-10-18-52/h5-7,9-15,17-42H,8,16H2,1-4H3/b24-23+. The predicted molar refractivity (Wildman–Crippen MR) is 272 cm³/mol. The maximum absolute atomic E-state index is 2.50. The van der Waals surface area contributed by atoms with Crippen LogP contribution in [0, 0.1) is 0 Å². The molecule has 0 bridgehead atoms. The van der Waals surface area contributed by atoms with Crippen molar-refractivity contribution >= 4 is 40.6 Å². The number of allylic oxidation sites excluding steroid dienone is 4. The molecule has 8 aromatic rings. The van der Waals surface area contributed by atoms with Crippen LogP contribution in [0.1, 0.15) is 73.9 Å². The zero-order chi connectivity index (χ0) is 43.4. The van der Waals surface area contributed by atoms with Crippen molar-refractivity contribution in [1.29, 1.82) is 0 Å². The van der Waals surface area contributed by atoms with Crippen LogP contribution < -0.4 is 9.80 Å². The summed E-state index contributed by atoms with van der Waals surface area (Å²) in [7, 11) is 0. The Labute approximate surface area is 378 Å². The molecule has 2 nitrogen and oxygen atoms in total. The van der Waals surface area contributed by atoms with E-state index in [2.05, 4.69) is 256 Å². The molecule has 0 amide bonds. The van der Waals surface area contributed by atoms with Crippen LogP contribution in [-0.2, 0) is 10.8 Å². The summed E-state index contributed by atoms with van der Waals surface area (Å²) >= 11 is 0. The van der Waals surface area contributed by atoms with E-state index in [1.165, 1.54) is 101 Å². The maximum atomic E-state index is 2.50. The van der Waals surface area contributed by atoms with Gasteiger partial charge in [-0.3, -0.25) is 0 Å². The number of para-hydroxylation sites is 3. The minimum atomic E-state index is -0.144. The largest absolute Gasteiger partial charge is 0.314 e. The number of hydrogen-bond acceptors (Lipinski definition) is 2. The van der Waals surface area contributed by atoms with E-state index in [0.29, 0.717) is 0 Å². The van der Waals surface area contributed by atoms with Gasteiger partial charge in [0.15, 0.2) is 0 Å². The van der Waals surface area contributed by atoms with Crippen molar-refractivity contribution in [3.8, 4) is 33.4 Å². The molecule has 0 N–H and O–H groups in total. The van der Waals surface area contributed by atoms with Gasteiger partial charge in [0.05, 0.1) is 11.4 Å². The molecule has 2 aliphatic heterocycles. The second-order valence-electron chi connectivity index (χ2n) is 18.5. The van der Waals surface area contributed by atoms with E-state index in [1.807, 2.05) is 0 Å². The number of nitrogens with zero attached hydrogens (tertiary/aromatic N) is 2. The summed E-state index contributed by atoms with van der Waals surface area (Å²) < 4.78 is 0. The van der Waals surface area contributed by atoms with Gasteiger partial charge >= 0.3 is 0 Å². The predicted octanol–water partition coefficient (Wildman–Crippen LogP) is 17.0. The van der Waals surface area contributed by atoms with E-state index >= 15 is 0 Å². The molecule has 0 spiro atoms. The van der Waals surface area contributed by atoms with Crippen molar-refractivity contribution in [3.63, 3.8) is 0 Å². The fraction of sp³-hybridized carbons (Fsp3) is 0.129. The Morgan fingerprint density at radius 1 is 0.391 bits per heavy atom. The molecule has 64 heavy (non-hydrogen) atoms. The summed E-state index contributed by atoms with van der Waals surface area (Å²) in [6, 6.07) is 69.4. The SMILES string of the molecule is CC1(C)c2ccccc2N(C2=CC=CCC2)c2ccc(-c3ccc(/C=C/c4ccc(-c5ccc(-c6ccc7c(c6)C(C)(C)c6ccccc6N7c6ccccc6)cc5)cc4)cc3)cc21. The highest BCUT2D eigenvalue weighted by Gasteiger charge is 2.38. The fourth-order valence-electron chi connectivity index (χ4n) is 10.3. The first kappa shape index (κ1) is 39.4. The van der Waals surface area contributed by atoms with E-state index in [9.17, 15) is 0 Å². The van der Waals surface area contributed by atoms with Crippen LogP contribution in [-0.4, -0.2) is 0 Å². The zero-order valence-corrected chi connectivity index (χ0v) is 37.1. The highest BCUT2D eigenvalue weighted by atomic mass is 15.2. The van der Waals surface area contributed by atoms with Crippen LogP contribution in [0.3, 0.4) is 0 Å². The average Bonchev–Trinajstić information content (AvgIpc) is 3.34. The first-order valence-corrected chi connectivity index (χ1v) is 22.7. The lowest BCUT2D eigenvalue weighted by Crippen LogP contribution is -2.32. The number of hydrogen-bond donors (Lipinski definition) is 0. The van der Waals surface area contributed by atoms with Gasteiger partial charge in [-0.25, -0.2) is 0 Å². The Morgan fingerprint density at radius 3 is 1.30 bits per heavy atom. The molecule has 0 atom stereocenters. The second kappa shape index (κ2) is 15.7. The number of fused-ring (bicyclic) bond motifs is 4. The zero-order valence-electron chi connectivity index (χ0n) is 37.1. The van der Waals surface area contributed by atoms with Gasteiger partial charge in [-0.05, 0) is 134 Å². The summed E-state index contributed by atoms with van der Waals surface area (Å²) in [5, 5.41) is 0. The van der Waals surface area contributed by atoms with Gasteiger partial charge < -0.3 is 9.80 Å². The molecule has 2 heterocycles. The molecule has 0 unspecified atom stereocenters. The Bertz CT molecular complexity index is 3130. The Balaban J connectivity index is 0.797. The molecule has 3 aliphatic rings. The molecule has 0 fully saturated rings. The highest BCUT2D eigenvalue weighted by Crippen LogP contribution is 2.54. The van der Waals surface area contributed by atoms with Crippen molar-refractivity contribution in [1.82, 2.24) is 0 Å². The van der Waals surface area contributed by atoms with Crippen molar-refractivity contribution < 1.29 is 0 Å². The number of anilines is 5. The molecule has 1 aliphatic carbocycles. The quantitative estimate of drug-likeness (QED) is 0.148. The normalized spacial score (nSPS) is 15.5. The third-order valence-electron chi connectivity index (χ3n) is 13.9. The van der Waals surface area contributed by atoms with Crippen molar-refractivity contribution in [3.05, 3.63) is 245 Å².